The second-order valence-electron chi connectivity index (χ2n) is 10.6. The molecule has 6 heteroatoms. The van der Waals surface area contributed by atoms with E-state index in [0.717, 1.165) is 56.0 Å². The summed E-state index contributed by atoms with van der Waals surface area (Å²) in [5.74, 6) is 3.67. The summed E-state index contributed by atoms with van der Waals surface area (Å²) in [5.41, 5.74) is -0.334. The minimum Gasteiger partial charge on any atom is -0.377 e. The molecule has 5 rings (SSSR count). The topological polar surface area (TPSA) is 62.4 Å². The van der Waals surface area contributed by atoms with Gasteiger partial charge in [-0.25, -0.2) is 0 Å². The maximum absolute atomic E-state index is 12.1. The number of piperidine rings is 1. The average Bonchev–Trinajstić information content (AvgIpc) is 3.42. The third kappa shape index (κ3) is 5.71. The molecule has 1 aromatic heterocycles. The van der Waals surface area contributed by atoms with Gasteiger partial charge in [-0.3, -0.25) is 4.90 Å². The second kappa shape index (κ2) is 11.9. The summed E-state index contributed by atoms with van der Waals surface area (Å²) in [4.78, 5) is 8.61. The zero-order valence-corrected chi connectivity index (χ0v) is 22.2. The molecule has 3 atom stereocenters. The number of nitrogens with zero attached hydrogens (tertiary/aromatic N) is 3. The van der Waals surface area contributed by atoms with Gasteiger partial charge in [0.1, 0.15) is 0 Å². The van der Waals surface area contributed by atoms with Crippen molar-refractivity contribution in [3.8, 4) is 0 Å². The molecule has 1 aliphatic carbocycles. The van der Waals surface area contributed by atoms with E-state index in [4.69, 9.17) is 9.51 Å². The van der Waals surface area contributed by atoms with Crippen LogP contribution in [0.5, 0.6) is 0 Å². The van der Waals surface area contributed by atoms with Gasteiger partial charge in [0.15, 0.2) is 5.60 Å². The van der Waals surface area contributed by atoms with E-state index < -0.39 is 5.60 Å². The summed E-state index contributed by atoms with van der Waals surface area (Å²) < 4.78 is 5.78. The SMILES string of the molecule is CCC1CCN(Cc2nc(C(O)(c3ccccc3)C3CCCCC3)no2)CC1CSc1ccccc1. The molecule has 2 fully saturated rings. The fourth-order valence-electron chi connectivity index (χ4n) is 6.17. The number of rotatable bonds is 9. The Morgan fingerprint density at radius 2 is 1.69 bits per heavy atom. The van der Waals surface area contributed by atoms with Gasteiger partial charge in [-0.2, -0.15) is 4.98 Å². The van der Waals surface area contributed by atoms with Gasteiger partial charge in [0.05, 0.1) is 6.54 Å². The van der Waals surface area contributed by atoms with Gasteiger partial charge in [0, 0.05) is 17.2 Å². The molecule has 2 aromatic carbocycles. The van der Waals surface area contributed by atoms with E-state index in [1.54, 1.807) is 0 Å². The zero-order valence-electron chi connectivity index (χ0n) is 21.4. The minimum absolute atomic E-state index is 0.110. The molecule has 2 aliphatic rings. The first-order valence-corrected chi connectivity index (χ1v) is 14.7. The lowest BCUT2D eigenvalue weighted by atomic mass is 9.73. The molecule has 5 nitrogen and oxygen atoms in total. The standard InChI is InChI=1S/C30H39N3O2S/c1-2-23-18-19-33(20-24(23)22-36-27-16-10-5-11-17-27)21-28-31-29(32-35-28)30(34,25-12-6-3-7-13-25)26-14-8-4-9-15-26/h3,5-7,10-13,16-17,23-24,26,34H,2,4,8-9,14-15,18-22H2,1H3. The Morgan fingerprint density at radius 1 is 0.972 bits per heavy atom. The minimum atomic E-state index is -1.20. The molecule has 0 spiro atoms. The lowest BCUT2D eigenvalue weighted by Gasteiger charge is -2.37. The Balaban J connectivity index is 1.29. The van der Waals surface area contributed by atoms with Gasteiger partial charge in [0.2, 0.25) is 11.7 Å². The van der Waals surface area contributed by atoms with E-state index in [1.807, 2.05) is 42.1 Å². The molecule has 3 unspecified atom stereocenters. The van der Waals surface area contributed by atoms with Crippen molar-refractivity contribution >= 4 is 11.8 Å². The molecule has 1 saturated heterocycles. The van der Waals surface area contributed by atoms with E-state index in [2.05, 4.69) is 47.3 Å². The molecule has 2 heterocycles. The summed E-state index contributed by atoms with van der Waals surface area (Å²) >= 11 is 1.96. The van der Waals surface area contributed by atoms with Crippen LogP contribution in [0.15, 0.2) is 70.1 Å². The quantitative estimate of drug-likeness (QED) is 0.334. The number of benzene rings is 2. The normalized spacial score (nSPS) is 23.4. The number of likely N-dealkylation sites (tertiary alicyclic amines) is 1. The summed E-state index contributed by atoms with van der Waals surface area (Å²) in [6, 6.07) is 20.6. The molecule has 192 valence electrons. The van der Waals surface area contributed by atoms with Gasteiger partial charge in [0.25, 0.3) is 0 Å². The van der Waals surface area contributed by atoms with Crippen molar-refractivity contribution in [1.82, 2.24) is 15.0 Å². The Kier molecular flexibility index (Phi) is 8.45. The van der Waals surface area contributed by atoms with Crippen molar-refractivity contribution in [1.29, 1.82) is 0 Å². The number of aliphatic hydroxyl groups is 1. The summed E-state index contributed by atoms with van der Waals surface area (Å²) in [6.45, 7) is 5.06. The van der Waals surface area contributed by atoms with Crippen LogP contribution in [0.2, 0.25) is 0 Å². The third-order valence-corrected chi connectivity index (χ3v) is 9.49. The van der Waals surface area contributed by atoms with Crippen LogP contribution in [0.1, 0.15) is 69.1 Å². The third-order valence-electron chi connectivity index (χ3n) is 8.28. The molecule has 1 aliphatic heterocycles. The summed E-state index contributed by atoms with van der Waals surface area (Å²) in [5, 5.41) is 16.4. The number of hydrogen-bond donors (Lipinski definition) is 1. The molecule has 3 aromatic rings. The molecular weight excluding hydrogens is 466 g/mol. The Hall–Kier alpha value is -2.15. The first-order chi connectivity index (χ1) is 17.7. The van der Waals surface area contributed by atoms with E-state index >= 15 is 0 Å². The van der Waals surface area contributed by atoms with E-state index in [9.17, 15) is 5.11 Å². The van der Waals surface area contributed by atoms with Crippen LogP contribution in [0.3, 0.4) is 0 Å². The monoisotopic (exact) mass is 505 g/mol. The predicted molar refractivity (Wildman–Crippen MR) is 145 cm³/mol. The van der Waals surface area contributed by atoms with Crippen LogP contribution < -0.4 is 0 Å². The summed E-state index contributed by atoms with van der Waals surface area (Å²) in [7, 11) is 0. The summed E-state index contributed by atoms with van der Waals surface area (Å²) in [6.07, 6.45) is 7.91. The van der Waals surface area contributed by atoms with Crippen molar-refractivity contribution < 1.29 is 9.63 Å². The lowest BCUT2D eigenvalue weighted by molar-refractivity contribution is -0.0101. The maximum Gasteiger partial charge on any atom is 0.240 e. The largest absolute Gasteiger partial charge is 0.377 e. The van der Waals surface area contributed by atoms with Gasteiger partial charge in [-0.15, -0.1) is 11.8 Å². The van der Waals surface area contributed by atoms with Crippen LogP contribution in [0, 0.1) is 17.8 Å². The lowest BCUT2D eigenvalue weighted by Crippen LogP contribution is -2.41. The highest BCUT2D eigenvalue weighted by Gasteiger charge is 2.44. The van der Waals surface area contributed by atoms with Gasteiger partial charge in [-0.1, -0.05) is 86.3 Å². The van der Waals surface area contributed by atoms with Gasteiger partial charge < -0.3 is 9.63 Å². The van der Waals surface area contributed by atoms with Crippen molar-refractivity contribution in [3.63, 3.8) is 0 Å². The zero-order chi connectivity index (χ0) is 24.8. The Morgan fingerprint density at radius 3 is 2.42 bits per heavy atom. The Bertz CT molecular complexity index is 1070. The Labute approximate surface area is 219 Å². The highest BCUT2D eigenvalue weighted by atomic mass is 32.2. The van der Waals surface area contributed by atoms with Crippen LogP contribution in [0.4, 0.5) is 0 Å². The molecule has 0 bridgehead atoms. The van der Waals surface area contributed by atoms with Gasteiger partial charge in [-0.05, 0) is 61.3 Å². The number of hydrogen-bond acceptors (Lipinski definition) is 6. The fourth-order valence-corrected chi connectivity index (χ4v) is 7.30. The van der Waals surface area contributed by atoms with E-state index in [0.29, 0.717) is 24.2 Å². The average molecular weight is 506 g/mol. The molecule has 0 radical (unpaired) electrons. The highest BCUT2D eigenvalue weighted by molar-refractivity contribution is 7.99. The fraction of sp³-hybridized carbons (Fsp3) is 0.533. The maximum atomic E-state index is 12.1. The second-order valence-corrected chi connectivity index (χ2v) is 11.6. The first kappa shape index (κ1) is 25.5. The van der Waals surface area contributed by atoms with E-state index in [1.165, 1.54) is 24.2 Å². The molecule has 36 heavy (non-hydrogen) atoms. The van der Waals surface area contributed by atoms with Crippen LogP contribution in [-0.2, 0) is 12.1 Å². The molecule has 1 N–H and O–H groups in total. The number of aromatic nitrogens is 2. The van der Waals surface area contributed by atoms with Gasteiger partial charge >= 0.3 is 0 Å². The molecule has 1 saturated carbocycles. The van der Waals surface area contributed by atoms with Crippen LogP contribution in [0.25, 0.3) is 0 Å². The van der Waals surface area contributed by atoms with Crippen molar-refractivity contribution in [3.05, 3.63) is 77.9 Å². The molecular formula is C30H39N3O2S. The number of thioether (sulfide) groups is 1. The first-order valence-electron chi connectivity index (χ1n) is 13.7. The smallest absolute Gasteiger partial charge is 0.240 e. The van der Waals surface area contributed by atoms with Crippen molar-refractivity contribution in [2.75, 3.05) is 18.8 Å². The molecule has 0 amide bonds. The van der Waals surface area contributed by atoms with Crippen LogP contribution >= 0.6 is 11.8 Å². The van der Waals surface area contributed by atoms with E-state index in [-0.39, 0.29) is 5.92 Å². The van der Waals surface area contributed by atoms with Crippen molar-refractivity contribution in [2.45, 2.75) is 68.9 Å². The van der Waals surface area contributed by atoms with Crippen molar-refractivity contribution in [2.24, 2.45) is 17.8 Å². The predicted octanol–water partition coefficient (Wildman–Crippen LogP) is 6.53. The highest BCUT2D eigenvalue weighted by Crippen LogP contribution is 2.43. The van der Waals surface area contributed by atoms with Crippen LogP contribution in [-0.4, -0.2) is 39.0 Å².